The molecule has 2 heteroatoms. The third-order valence-electron chi connectivity index (χ3n) is 4.30. The van der Waals surface area contributed by atoms with Crippen LogP contribution in [-0.4, -0.2) is 0 Å². The van der Waals surface area contributed by atoms with E-state index >= 15 is 0 Å². The highest BCUT2D eigenvalue weighted by Gasteiger charge is 2.11. The van der Waals surface area contributed by atoms with Crippen LogP contribution in [0.2, 0.25) is 5.02 Å². The summed E-state index contributed by atoms with van der Waals surface area (Å²) in [7, 11) is 0. The van der Waals surface area contributed by atoms with E-state index in [0.717, 1.165) is 5.02 Å². The van der Waals surface area contributed by atoms with Gasteiger partial charge in [0.15, 0.2) is 0 Å². The highest BCUT2D eigenvalue weighted by molar-refractivity contribution is 7.26. The number of fused-ring (bicyclic) bond motifs is 7. The minimum Gasteiger partial charge on any atom is -0.135 e. The van der Waals surface area contributed by atoms with Crippen molar-refractivity contribution in [1.29, 1.82) is 0 Å². The highest BCUT2D eigenvalue weighted by Crippen LogP contribution is 2.41. The first-order valence-corrected chi connectivity index (χ1v) is 8.43. The quantitative estimate of drug-likeness (QED) is 0.269. The molecular formula is C20H11ClS. The summed E-state index contributed by atoms with van der Waals surface area (Å²) in [5.74, 6) is 0. The van der Waals surface area contributed by atoms with Crippen LogP contribution in [0.15, 0.2) is 66.7 Å². The Morgan fingerprint density at radius 2 is 1.45 bits per heavy atom. The zero-order valence-electron chi connectivity index (χ0n) is 11.6. The van der Waals surface area contributed by atoms with Gasteiger partial charge in [-0.05, 0) is 45.8 Å². The van der Waals surface area contributed by atoms with Gasteiger partial charge in [-0.1, -0.05) is 54.1 Å². The molecule has 0 atom stereocenters. The second-order valence-electron chi connectivity index (χ2n) is 5.57. The predicted octanol–water partition coefficient (Wildman–Crippen LogP) is 7.01. The van der Waals surface area contributed by atoms with Crippen molar-refractivity contribution in [2.24, 2.45) is 0 Å². The molecule has 4 aromatic carbocycles. The predicted molar refractivity (Wildman–Crippen MR) is 99.4 cm³/mol. The van der Waals surface area contributed by atoms with E-state index in [-0.39, 0.29) is 0 Å². The molecule has 0 unspecified atom stereocenters. The van der Waals surface area contributed by atoms with Gasteiger partial charge in [-0.25, -0.2) is 0 Å². The van der Waals surface area contributed by atoms with Crippen LogP contribution in [0, 0.1) is 0 Å². The fourth-order valence-electron chi connectivity index (χ4n) is 3.34. The Kier molecular flexibility index (Phi) is 2.52. The van der Waals surface area contributed by atoms with Crippen molar-refractivity contribution in [3.05, 3.63) is 71.8 Å². The normalized spacial score (nSPS) is 11.9. The van der Waals surface area contributed by atoms with Crippen LogP contribution in [0.1, 0.15) is 0 Å². The molecule has 104 valence electrons. The van der Waals surface area contributed by atoms with Crippen molar-refractivity contribution in [3.63, 3.8) is 0 Å². The molecule has 0 N–H and O–H groups in total. The van der Waals surface area contributed by atoms with E-state index in [9.17, 15) is 0 Å². The van der Waals surface area contributed by atoms with E-state index in [0.29, 0.717) is 0 Å². The van der Waals surface area contributed by atoms with Crippen molar-refractivity contribution in [3.8, 4) is 0 Å². The molecule has 22 heavy (non-hydrogen) atoms. The van der Waals surface area contributed by atoms with Gasteiger partial charge in [0.25, 0.3) is 0 Å². The maximum atomic E-state index is 6.16. The van der Waals surface area contributed by atoms with Crippen LogP contribution in [0.5, 0.6) is 0 Å². The lowest BCUT2D eigenvalue weighted by Crippen LogP contribution is -1.79. The van der Waals surface area contributed by atoms with Crippen molar-refractivity contribution in [2.45, 2.75) is 0 Å². The maximum absolute atomic E-state index is 6.16. The number of rotatable bonds is 0. The van der Waals surface area contributed by atoms with E-state index < -0.39 is 0 Å². The summed E-state index contributed by atoms with van der Waals surface area (Å²) >= 11 is 8.03. The van der Waals surface area contributed by atoms with Gasteiger partial charge in [-0.15, -0.1) is 11.3 Å². The Morgan fingerprint density at radius 1 is 0.636 bits per heavy atom. The molecule has 5 rings (SSSR count). The summed E-state index contributed by atoms with van der Waals surface area (Å²) in [4.78, 5) is 0. The molecule has 0 spiro atoms. The first kappa shape index (κ1) is 12.5. The van der Waals surface area contributed by atoms with Crippen LogP contribution in [-0.2, 0) is 0 Å². The van der Waals surface area contributed by atoms with Crippen LogP contribution >= 0.6 is 22.9 Å². The summed E-state index contributed by atoms with van der Waals surface area (Å²) in [6.45, 7) is 0. The second-order valence-corrected chi connectivity index (χ2v) is 7.09. The zero-order chi connectivity index (χ0) is 14.7. The first-order chi connectivity index (χ1) is 10.8. The molecule has 0 radical (unpaired) electrons. The lowest BCUT2D eigenvalue weighted by Gasteiger charge is -2.06. The fraction of sp³-hybridized carbons (Fsp3) is 0. The Hall–Kier alpha value is -2.09. The molecule has 0 aliphatic rings. The van der Waals surface area contributed by atoms with Crippen molar-refractivity contribution in [2.75, 3.05) is 0 Å². The molecule has 0 aliphatic carbocycles. The smallest absolute Gasteiger partial charge is 0.0412 e. The summed E-state index contributed by atoms with van der Waals surface area (Å²) in [6.07, 6.45) is 0. The average Bonchev–Trinajstić information content (AvgIpc) is 2.92. The van der Waals surface area contributed by atoms with Crippen molar-refractivity contribution < 1.29 is 0 Å². The van der Waals surface area contributed by atoms with Crippen LogP contribution < -0.4 is 0 Å². The van der Waals surface area contributed by atoms with E-state index in [4.69, 9.17) is 11.6 Å². The van der Waals surface area contributed by atoms with Gasteiger partial charge in [0.2, 0.25) is 0 Å². The molecule has 0 nitrogen and oxygen atoms in total. The van der Waals surface area contributed by atoms with Gasteiger partial charge in [0.05, 0.1) is 0 Å². The van der Waals surface area contributed by atoms with Crippen LogP contribution in [0.25, 0.3) is 41.7 Å². The average molecular weight is 319 g/mol. The number of halogens is 1. The summed E-state index contributed by atoms with van der Waals surface area (Å²) in [5.41, 5.74) is 0. The minimum absolute atomic E-state index is 0.786. The molecule has 1 aromatic heterocycles. The lowest BCUT2D eigenvalue weighted by atomic mass is 9.98. The van der Waals surface area contributed by atoms with Gasteiger partial charge in [-0.2, -0.15) is 0 Å². The minimum atomic E-state index is 0.786. The van der Waals surface area contributed by atoms with Gasteiger partial charge >= 0.3 is 0 Å². The Bertz CT molecular complexity index is 1180. The van der Waals surface area contributed by atoms with Crippen LogP contribution in [0.4, 0.5) is 0 Å². The first-order valence-electron chi connectivity index (χ1n) is 7.23. The topological polar surface area (TPSA) is 0 Å². The number of thiophene rings is 1. The Morgan fingerprint density at radius 3 is 2.41 bits per heavy atom. The molecule has 1 heterocycles. The Labute approximate surface area is 136 Å². The third-order valence-corrected chi connectivity index (χ3v) is 5.67. The van der Waals surface area contributed by atoms with Gasteiger partial charge in [0.1, 0.15) is 0 Å². The number of hydrogen-bond acceptors (Lipinski definition) is 1. The molecule has 0 bridgehead atoms. The third kappa shape index (κ3) is 1.64. The van der Waals surface area contributed by atoms with Crippen molar-refractivity contribution >= 4 is 64.7 Å². The number of benzene rings is 4. The second kappa shape index (κ2) is 4.45. The molecule has 0 saturated carbocycles. The highest BCUT2D eigenvalue weighted by atomic mass is 35.5. The van der Waals surface area contributed by atoms with Crippen LogP contribution in [0.3, 0.4) is 0 Å². The fourth-order valence-corrected chi connectivity index (χ4v) is 4.63. The van der Waals surface area contributed by atoms with Crippen molar-refractivity contribution in [1.82, 2.24) is 0 Å². The van der Waals surface area contributed by atoms with E-state index in [1.807, 2.05) is 23.5 Å². The van der Waals surface area contributed by atoms with Gasteiger partial charge < -0.3 is 0 Å². The molecule has 5 aromatic rings. The van der Waals surface area contributed by atoms with E-state index in [1.54, 1.807) is 0 Å². The SMILES string of the molecule is Clc1ccc2c(ccc3ccc4sc5ccccc5c4c32)c1. The lowest BCUT2D eigenvalue weighted by molar-refractivity contribution is 1.80. The molecule has 0 saturated heterocycles. The molecule has 0 fully saturated rings. The summed E-state index contributed by atoms with van der Waals surface area (Å²) in [6, 6.07) is 23.6. The Balaban J connectivity index is 2.14. The summed E-state index contributed by atoms with van der Waals surface area (Å²) in [5, 5.41) is 8.59. The monoisotopic (exact) mass is 318 g/mol. The van der Waals surface area contributed by atoms with E-state index in [2.05, 4.69) is 54.6 Å². The zero-order valence-corrected chi connectivity index (χ0v) is 13.2. The number of hydrogen-bond donors (Lipinski definition) is 0. The standard InChI is InChI=1S/C20H11ClS/c21-14-8-9-15-13(11-14)6-5-12-7-10-18-20(19(12)15)16-3-1-2-4-17(16)22-18/h1-11H. The molecule has 0 aliphatic heterocycles. The van der Waals surface area contributed by atoms with E-state index in [1.165, 1.54) is 41.7 Å². The molecule has 0 amide bonds. The largest absolute Gasteiger partial charge is 0.135 e. The maximum Gasteiger partial charge on any atom is 0.0412 e. The summed E-state index contributed by atoms with van der Waals surface area (Å²) < 4.78 is 2.69. The van der Waals surface area contributed by atoms with Gasteiger partial charge in [-0.3, -0.25) is 0 Å². The van der Waals surface area contributed by atoms with Gasteiger partial charge in [0, 0.05) is 25.2 Å². The molecular weight excluding hydrogens is 308 g/mol.